The molecule has 0 fully saturated rings. The summed E-state index contributed by atoms with van der Waals surface area (Å²) in [6, 6.07) is 15.1. The molecule has 0 radical (unpaired) electrons. The molecule has 0 aliphatic carbocycles. The minimum Gasteiger partial charge on any atom is -0.466 e. The van der Waals surface area contributed by atoms with E-state index in [-0.39, 0.29) is 0 Å². The van der Waals surface area contributed by atoms with Gasteiger partial charge in [0, 0.05) is 16.2 Å². The number of benzene rings is 2. The number of hydrogen-bond acceptors (Lipinski definition) is 3. The minimum absolute atomic E-state index is 0.452. The average Bonchev–Trinajstić information content (AvgIpc) is 2.55. The van der Waals surface area contributed by atoms with E-state index >= 15 is 0 Å². The maximum absolute atomic E-state index is 11.6. The normalized spacial score (nSPS) is 14.8. The van der Waals surface area contributed by atoms with Crippen molar-refractivity contribution in [2.24, 2.45) is 0 Å². The van der Waals surface area contributed by atoms with Gasteiger partial charge in [0.2, 0.25) is 0 Å². The van der Waals surface area contributed by atoms with E-state index in [1.165, 1.54) is 13.2 Å². The number of fused-ring (bicyclic) bond motifs is 1. The average molecular weight is 313 g/mol. The monoisotopic (exact) mass is 312 g/mol. The largest absolute Gasteiger partial charge is 0.466 e. The zero-order valence-electron chi connectivity index (χ0n) is 11.9. The van der Waals surface area contributed by atoms with Crippen LogP contribution in [-0.2, 0) is 9.53 Å². The van der Waals surface area contributed by atoms with E-state index in [1.807, 2.05) is 42.5 Å². The van der Waals surface area contributed by atoms with E-state index < -0.39 is 5.97 Å². The molecule has 4 heteroatoms. The maximum Gasteiger partial charge on any atom is 0.334 e. The Kier molecular flexibility index (Phi) is 3.98. The molecular weight excluding hydrogens is 300 g/mol. The quantitative estimate of drug-likeness (QED) is 0.611. The first-order valence-corrected chi connectivity index (χ1v) is 7.10. The van der Waals surface area contributed by atoms with Gasteiger partial charge in [-0.3, -0.25) is 0 Å². The molecular formula is C18H13ClO3. The second-order valence-corrected chi connectivity index (χ2v) is 5.18. The SMILES string of the molecule is COC(=O)/C=C1\Oc2ccc(Cl)cc2C=C1c1ccccc1. The van der Waals surface area contributed by atoms with E-state index in [0.717, 1.165) is 16.7 Å². The van der Waals surface area contributed by atoms with Crippen LogP contribution in [0.4, 0.5) is 0 Å². The number of halogens is 1. The number of methoxy groups -OCH3 is 1. The van der Waals surface area contributed by atoms with Crippen LogP contribution in [0.5, 0.6) is 5.75 Å². The molecule has 1 aliphatic rings. The number of carbonyl (C=O) groups excluding carboxylic acids is 1. The van der Waals surface area contributed by atoms with Gasteiger partial charge in [0.25, 0.3) is 0 Å². The minimum atomic E-state index is -0.464. The van der Waals surface area contributed by atoms with Gasteiger partial charge in [0.15, 0.2) is 0 Å². The van der Waals surface area contributed by atoms with E-state index in [9.17, 15) is 4.79 Å². The Balaban J connectivity index is 2.14. The van der Waals surface area contributed by atoms with Crippen LogP contribution in [0.25, 0.3) is 11.6 Å². The summed E-state index contributed by atoms with van der Waals surface area (Å²) in [5.41, 5.74) is 2.62. The molecule has 0 N–H and O–H groups in total. The highest BCUT2D eigenvalue weighted by Crippen LogP contribution is 2.37. The molecule has 2 aromatic rings. The smallest absolute Gasteiger partial charge is 0.334 e. The lowest BCUT2D eigenvalue weighted by atomic mass is 9.98. The van der Waals surface area contributed by atoms with Crippen molar-refractivity contribution in [2.75, 3.05) is 7.11 Å². The summed E-state index contributed by atoms with van der Waals surface area (Å²) < 4.78 is 10.6. The highest BCUT2D eigenvalue weighted by atomic mass is 35.5. The van der Waals surface area contributed by atoms with Crippen molar-refractivity contribution in [2.45, 2.75) is 0 Å². The fourth-order valence-corrected chi connectivity index (χ4v) is 2.42. The van der Waals surface area contributed by atoms with Gasteiger partial charge < -0.3 is 9.47 Å². The van der Waals surface area contributed by atoms with Gasteiger partial charge in [-0.1, -0.05) is 41.9 Å². The molecule has 2 aromatic carbocycles. The topological polar surface area (TPSA) is 35.5 Å². The fraction of sp³-hybridized carbons (Fsp3) is 0.0556. The van der Waals surface area contributed by atoms with Crippen LogP contribution in [0.2, 0.25) is 5.02 Å². The molecule has 3 rings (SSSR count). The molecule has 0 unspecified atom stereocenters. The van der Waals surface area contributed by atoms with Crippen LogP contribution in [0.15, 0.2) is 60.4 Å². The molecule has 0 aromatic heterocycles. The number of esters is 1. The Bertz CT molecular complexity index is 776. The van der Waals surface area contributed by atoms with Crippen molar-refractivity contribution < 1.29 is 14.3 Å². The van der Waals surface area contributed by atoms with Crippen LogP contribution in [0.1, 0.15) is 11.1 Å². The summed E-state index contributed by atoms with van der Waals surface area (Å²) in [5, 5.41) is 0.631. The Labute approximate surface area is 133 Å². The van der Waals surface area contributed by atoms with Crippen molar-refractivity contribution in [3.8, 4) is 5.75 Å². The predicted octanol–water partition coefficient (Wildman–Crippen LogP) is 4.33. The fourth-order valence-electron chi connectivity index (χ4n) is 2.24. The molecule has 0 saturated heterocycles. The Morgan fingerprint density at radius 1 is 1.18 bits per heavy atom. The number of hydrogen-bond donors (Lipinski definition) is 0. The van der Waals surface area contributed by atoms with Crippen molar-refractivity contribution in [1.82, 2.24) is 0 Å². The summed E-state index contributed by atoms with van der Waals surface area (Å²) in [6.45, 7) is 0. The molecule has 0 spiro atoms. The molecule has 110 valence electrons. The zero-order chi connectivity index (χ0) is 15.5. The zero-order valence-corrected chi connectivity index (χ0v) is 12.6. The Morgan fingerprint density at radius 2 is 1.95 bits per heavy atom. The van der Waals surface area contributed by atoms with Gasteiger partial charge in [-0.2, -0.15) is 0 Å². The number of ether oxygens (including phenoxy) is 2. The van der Waals surface area contributed by atoms with E-state index in [2.05, 4.69) is 0 Å². The van der Waals surface area contributed by atoms with Crippen LogP contribution in [-0.4, -0.2) is 13.1 Å². The molecule has 0 bridgehead atoms. The lowest BCUT2D eigenvalue weighted by Crippen LogP contribution is -2.08. The maximum atomic E-state index is 11.6. The number of rotatable bonds is 2. The molecule has 1 heterocycles. The lowest BCUT2D eigenvalue weighted by Gasteiger charge is -2.21. The van der Waals surface area contributed by atoms with E-state index in [4.69, 9.17) is 21.1 Å². The molecule has 3 nitrogen and oxygen atoms in total. The highest BCUT2D eigenvalue weighted by molar-refractivity contribution is 6.30. The molecule has 0 atom stereocenters. The third kappa shape index (κ3) is 2.90. The third-order valence-corrected chi connectivity index (χ3v) is 3.53. The molecule has 1 aliphatic heterocycles. The second-order valence-electron chi connectivity index (χ2n) is 4.74. The van der Waals surface area contributed by atoms with Gasteiger partial charge in [0.1, 0.15) is 11.5 Å². The first kappa shape index (κ1) is 14.4. The third-order valence-electron chi connectivity index (χ3n) is 3.29. The summed E-state index contributed by atoms with van der Waals surface area (Å²) in [7, 11) is 1.34. The van der Waals surface area contributed by atoms with Crippen molar-refractivity contribution in [3.05, 3.63) is 76.5 Å². The predicted molar refractivity (Wildman–Crippen MR) is 86.5 cm³/mol. The van der Waals surface area contributed by atoms with Gasteiger partial charge in [-0.05, 0) is 29.8 Å². The summed E-state index contributed by atoms with van der Waals surface area (Å²) in [6.07, 6.45) is 3.30. The van der Waals surface area contributed by atoms with E-state index in [1.54, 1.807) is 12.1 Å². The van der Waals surface area contributed by atoms with Crippen LogP contribution in [0, 0.1) is 0 Å². The van der Waals surface area contributed by atoms with Crippen molar-refractivity contribution >= 4 is 29.2 Å². The molecule has 0 saturated carbocycles. The Hall–Kier alpha value is -2.52. The second kappa shape index (κ2) is 6.08. The summed E-state index contributed by atoms with van der Waals surface area (Å²) in [4.78, 5) is 11.6. The first-order chi connectivity index (χ1) is 10.7. The van der Waals surface area contributed by atoms with Crippen molar-refractivity contribution in [3.63, 3.8) is 0 Å². The van der Waals surface area contributed by atoms with Gasteiger partial charge >= 0.3 is 5.97 Å². The van der Waals surface area contributed by atoms with Crippen LogP contribution < -0.4 is 4.74 Å². The number of allylic oxidation sites excluding steroid dienone is 1. The van der Waals surface area contributed by atoms with Gasteiger partial charge in [-0.15, -0.1) is 0 Å². The Morgan fingerprint density at radius 3 is 2.68 bits per heavy atom. The van der Waals surface area contributed by atoms with Gasteiger partial charge in [-0.25, -0.2) is 4.79 Å². The molecule has 22 heavy (non-hydrogen) atoms. The first-order valence-electron chi connectivity index (χ1n) is 6.72. The van der Waals surface area contributed by atoms with Crippen LogP contribution >= 0.6 is 11.6 Å². The highest BCUT2D eigenvalue weighted by Gasteiger charge is 2.20. The van der Waals surface area contributed by atoms with Gasteiger partial charge in [0.05, 0.1) is 13.2 Å². The van der Waals surface area contributed by atoms with Crippen LogP contribution in [0.3, 0.4) is 0 Å². The van der Waals surface area contributed by atoms with E-state index in [0.29, 0.717) is 16.5 Å². The number of carbonyl (C=O) groups is 1. The van der Waals surface area contributed by atoms with Crippen molar-refractivity contribution in [1.29, 1.82) is 0 Å². The summed E-state index contributed by atoms with van der Waals surface area (Å²) >= 11 is 6.04. The summed E-state index contributed by atoms with van der Waals surface area (Å²) in [5.74, 6) is 0.640. The molecule has 0 amide bonds. The standard InChI is InChI=1S/C18H13ClO3/c1-21-18(20)11-17-15(12-5-3-2-4-6-12)10-13-9-14(19)7-8-16(13)22-17/h2-11H,1H3/b17-11-. The lowest BCUT2D eigenvalue weighted by molar-refractivity contribution is -0.134.